The van der Waals surface area contributed by atoms with Gasteiger partial charge in [0.1, 0.15) is 0 Å². The van der Waals surface area contributed by atoms with Crippen LogP contribution in [0.3, 0.4) is 0 Å². The molecule has 2 heteroatoms. The van der Waals surface area contributed by atoms with Crippen LogP contribution in [0.2, 0.25) is 0 Å². The van der Waals surface area contributed by atoms with Gasteiger partial charge in [0, 0.05) is 11.8 Å². The molecule has 0 heterocycles. The molecule has 15 heavy (non-hydrogen) atoms. The molecule has 0 saturated carbocycles. The largest absolute Gasteiger partial charge is 0.323 e. The summed E-state index contributed by atoms with van der Waals surface area (Å²) in [5.74, 6) is 2.23. The highest BCUT2D eigenvalue weighted by Gasteiger charge is 2.06. The van der Waals surface area contributed by atoms with Gasteiger partial charge in [0.15, 0.2) is 0 Å². The second-order valence-corrected chi connectivity index (χ2v) is 5.25. The lowest BCUT2D eigenvalue weighted by Gasteiger charge is -2.13. The molecule has 1 unspecified atom stereocenters. The lowest BCUT2D eigenvalue weighted by Crippen LogP contribution is -2.13. The van der Waals surface area contributed by atoms with E-state index in [-0.39, 0.29) is 6.04 Å². The predicted octanol–water partition coefficient (Wildman–Crippen LogP) is 3.45. The summed E-state index contributed by atoms with van der Waals surface area (Å²) in [6.45, 7) is 6.46. The number of aryl methyl sites for hydroxylation is 2. The number of thioether (sulfide) groups is 1. The van der Waals surface area contributed by atoms with Crippen molar-refractivity contribution in [3.05, 3.63) is 34.9 Å². The number of hydrogen-bond donors (Lipinski definition) is 1. The topological polar surface area (TPSA) is 26.0 Å². The molecule has 0 saturated heterocycles. The van der Waals surface area contributed by atoms with Gasteiger partial charge in [-0.05, 0) is 31.6 Å². The molecule has 0 radical (unpaired) electrons. The van der Waals surface area contributed by atoms with E-state index in [9.17, 15) is 0 Å². The van der Waals surface area contributed by atoms with Gasteiger partial charge in [0.25, 0.3) is 0 Å². The summed E-state index contributed by atoms with van der Waals surface area (Å²) < 4.78 is 0. The Labute approximate surface area is 97.4 Å². The SMILES string of the molecule is CCCSCC(N)c1cc(C)cc(C)c1. The molecule has 1 nitrogen and oxygen atoms in total. The third kappa shape index (κ3) is 4.27. The monoisotopic (exact) mass is 223 g/mol. The number of hydrogen-bond acceptors (Lipinski definition) is 2. The van der Waals surface area contributed by atoms with E-state index in [1.807, 2.05) is 11.8 Å². The van der Waals surface area contributed by atoms with Gasteiger partial charge >= 0.3 is 0 Å². The van der Waals surface area contributed by atoms with E-state index in [1.54, 1.807) is 0 Å². The van der Waals surface area contributed by atoms with Crippen LogP contribution in [0, 0.1) is 13.8 Å². The highest BCUT2D eigenvalue weighted by atomic mass is 32.2. The normalized spacial score (nSPS) is 12.8. The minimum Gasteiger partial charge on any atom is -0.323 e. The van der Waals surface area contributed by atoms with Crippen molar-refractivity contribution in [2.24, 2.45) is 5.73 Å². The molecule has 1 aromatic rings. The first-order valence-electron chi connectivity index (χ1n) is 5.55. The van der Waals surface area contributed by atoms with Crippen LogP contribution in [0.15, 0.2) is 18.2 Å². The fraction of sp³-hybridized carbons (Fsp3) is 0.538. The van der Waals surface area contributed by atoms with Crippen molar-refractivity contribution in [2.75, 3.05) is 11.5 Å². The van der Waals surface area contributed by atoms with Crippen molar-refractivity contribution in [1.82, 2.24) is 0 Å². The van der Waals surface area contributed by atoms with Crippen LogP contribution >= 0.6 is 11.8 Å². The number of rotatable bonds is 5. The summed E-state index contributed by atoms with van der Waals surface area (Å²) in [5.41, 5.74) is 10.0. The van der Waals surface area contributed by atoms with Gasteiger partial charge in [-0.2, -0.15) is 11.8 Å². The van der Waals surface area contributed by atoms with Gasteiger partial charge in [-0.3, -0.25) is 0 Å². The van der Waals surface area contributed by atoms with Crippen LogP contribution in [0.25, 0.3) is 0 Å². The molecule has 0 aliphatic heterocycles. The maximum absolute atomic E-state index is 6.15. The van der Waals surface area contributed by atoms with E-state index in [4.69, 9.17) is 5.73 Å². The third-order valence-corrected chi connectivity index (χ3v) is 3.61. The van der Waals surface area contributed by atoms with Gasteiger partial charge in [0.2, 0.25) is 0 Å². The summed E-state index contributed by atoms with van der Waals surface area (Å²) >= 11 is 1.94. The van der Waals surface area contributed by atoms with E-state index in [0.717, 1.165) is 5.75 Å². The first-order valence-corrected chi connectivity index (χ1v) is 6.70. The van der Waals surface area contributed by atoms with Crippen LogP contribution in [-0.4, -0.2) is 11.5 Å². The lowest BCUT2D eigenvalue weighted by atomic mass is 10.0. The summed E-state index contributed by atoms with van der Waals surface area (Å²) in [6, 6.07) is 6.77. The molecule has 1 aromatic carbocycles. The zero-order chi connectivity index (χ0) is 11.3. The van der Waals surface area contributed by atoms with Crippen molar-refractivity contribution in [3.8, 4) is 0 Å². The smallest absolute Gasteiger partial charge is 0.0386 e. The Morgan fingerprint density at radius 1 is 1.20 bits per heavy atom. The van der Waals surface area contributed by atoms with Gasteiger partial charge in [-0.15, -0.1) is 0 Å². The molecular weight excluding hydrogens is 202 g/mol. The molecule has 1 atom stereocenters. The van der Waals surface area contributed by atoms with Crippen LogP contribution in [0.4, 0.5) is 0 Å². The fourth-order valence-electron chi connectivity index (χ4n) is 1.67. The molecular formula is C13H21NS. The Balaban J connectivity index is 2.60. The first-order chi connectivity index (χ1) is 7.13. The molecule has 2 N–H and O–H groups in total. The lowest BCUT2D eigenvalue weighted by molar-refractivity contribution is 0.827. The summed E-state index contributed by atoms with van der Waals surface area (Å²) in [7, 11) is 0. The first kappa shape index (κ1) is 12.6. The van der Waals surface area contributed by atoms with Crippen molar-refractivity contribution in [2.45, 2.75) is 33.2 Å². The summed E-state index contributed by atoms with van der Waals surface area (Å²) in [5, 5.41) is 0. The number of nitrogens with two attached hydrogens (primary N) is 1. The molecule has 0 amide bonds. The van der Waals surface area contributed by atoms with E-state index in [2.05, 4.69) is 39.0 Å². The Morgan fingerprint density at radius 2 is 1.80 bits per heavy atom. The van der Waals surface area contributed by atoms with Crippen molar-refractivity contribution in [1.29, 1.82) is 0 Å². The van der Waals surface area contributed by atoms with Crippen molar-refractivity contribution in [3.63, 3.8) is 0 Å². The minimum atomic E-state index is 0.181. The Bertz CT molecular complexity index is 289. The molecule has 84 valence electrons. The second kappa shape index (κ2) is 6.19. The van der Waals surface area contributed by atoms with Gasteiger partial charge < -0.3 is 5.73 Å². The molecule has 0 bridgehead atoms. The van der Waals surface area contributed by atoms with E-state index in [1.165, 1.54) is 28.9 Å². The van der Waals surface area contributed by atoms with E-state index >= 15 is 0 Å². The minimum absolute atomic E-state index is 0.181. The zero-order valence-corrected chi connectivity index (χ0v) is 10.7. The molecule has 0 aromatic heterocycles. The highest BCUT2D eigenvalue weighted by molar-refractivity contribution is 7.99. The number of benzene rings is 1. The average molecular weight is 223 g/mol. The van der Waals surface area contributed by atoms with Crippen LogP contribution < -0.4 is 5.73 Å². The van der Waals surface area contributed by atoms with Crippen LogP contribution in [-0.2, 0) is 0 Å². The van der Waals surface area contributed by atoms with Gasteiger partial charge in [0.05, 0.1) is 0 Å². The molecule has 0 spiro atoms. The Morgan fingerprint density at radius 3 is 2.33 bits per heavy atom. The van der Waals surface area contributed by atoms with Crippen molar-refractivity contribution < 1.29 is 0 Å². The van der Waals surface area contributed by atoms with Crippen LogP contribution in [0.5, 0.6) is 0 Å². The third-order valence-electron chi connectivity index (χ3n) is 2.32. The molecule has 0 aliphatic carbocycles. The van der Waals surface area contributed by atoms with Gasteiger partial charge in [-0.1, -0.05) is 36.2 Å². The van der Waals surface area contributed by atoms with Crippen LogP contribution in [0.1, 0.15) is 36.1 Å². The predicted molar refractivity (Wildman–Crippen MR) is 70.5 cm³/mol. The molecule has 0 aliphatic rings. The summed E-state index contributed by atoms with van der Waals surface area (Å²) in [6.07, 6.45) is 1.23. The maximum Gasteiger partial charge on any atom is 0.0386 e. The quantitative estimate of drug-likeness (QED) is 0.774. The maximum atomic E-state index is 6.15. The Kier molecular flexibility index (Phi) is 5.20. The van der Waals surface area contributed by atoms with E-state index < -0.39 is 0 Å². The average Bonchev–Trinajstić information content (AvgIpc) is 2.16. The van der Waals surface area contributed by atoms with Crippen molar-refractivity contribution >= 4 is 11.8 Å². The fourth-order valence-corrected chi connectivity index (χ4v) is 2.58. The Hall–Kier alpha value is -0.470. The van der Waals surface area contributed by atoms with Gasteiger partial charge in [-0.25, -0.2) is 0 Å². The zero-order valence-electron chi connectivity index (χ0n) is 9.92. The molecule has 1 rings (SSSR count). The highest BCUT2D eigenvalue weighted by Crippen LogP contribution is 2.19. The van der Waals surface area contributed by atoms with E-state index in [0.29, 0.717) is 0 Å². The summed E-state index contributed by atoms with van der Waals surface area (Å²) in [4.78, 5) is 0. The standard InChI is InChI=1S/C13H21NS/c1-4-5-15-9-13(14)12-7-10(2)6-11(3)8-12/h6-8,13H,4-5,9,14H2,1-3H3. The second-order valence-electron chi connectivity index (χ2n) is 4.10. The molecule has 0 fully saturated rings.